The van der Waals surface area contributed by atoms with Gasteiger partial charge >= 0.3 is 12.1 Å². The minimum Gasteiger partial charge on any atom is -0.464 e. The summed E-state index contributed by atoms with van der Waals surface area (Å²) in [6.45, 7) is 8.04. The van der Waals surface area contributed by atoms with Crippen molar-refractivity contribution >= 4 is 5.97 Å². The van der Waals surface area contributed by atoms with Crippen LogP contribution in [0.1, 0.15) is 41.0 Å². The van der Waals surface area contributed by atoms with Gasteiger partial charge in [0.25, 0.3) is 5.60 Å². The number of ether oxygens (including phenoxy) is 1. The van der Waals surface area contributed by atoms with Crippen LogP contribution < -0.4 is 0 Å². The fourth-order valence-corrected chi connectivity index (χ4v) is 1.73. The summed E-state index contributed by atoms with van der Waals surface area (Å²) in [6.07, 6.45) is -4.32. The largest absolute Gasteiger partial charge is 0.464 e. The topological polar surface area (TPSA) is 46.5 Å². The summed E-state index contributed by atoms with van der Waals surface area (Å²) >= 11 is 0. The van der Waals surface area contributed by atoms with E-state index in [0.717, 1.165) is 0 Å². The van der Waals surface area contributed by atoms with Gasteiger partial charge in [0.15, 0.2) is 0 Å². The van der Waals surface area contributed by atoms with E-state index < -0.39 is 24.2 Å². The second kappa shape index (κ2) is 5.94. The third kappa shape index (κ3) is 5.22. The van der Waals surface area contributed by atoms with Gasteiger partial charge in [-0.05, 0) is 19.3 Å². The van der Waals surface area contributed by atoms with Crippen LogP contribution in [0.25, 0.3) is 0 Å². The summed E-state index contributed by atoms with van der Waals surface area (Å²) in [5.74, 6) is -1.66. The normalized spacial score (nSPS) is 17.0. The van der Waals surface area contributed by atoms with Gasteiger partial charge in [-0.15, -0.1) is 0 Å². The fraction of sp³-hybridized carbons (Fsp3) is 0.769. The zero-order valence-electron chi connectivity index (χ0n) is 11.9. The number of rotatable bonds is 4. The van der Waals surface area contributed by atoms with Crippen molar-refractivity contribution in [2.75, 3.05) is 6.61 Å². The van der Waals surface area contributed by atoms with Gasteiger partial charge in [0.1, 0.15) is 0 Å². The van der Waals surface area contributed by atoms with E-state index in [1.807, 2.05) is 20.8 Å². The first-order valence-corrected chi connectivity index (χ1v) is 5.98. The highest BCUT2D eigenvalue weighted by Crippen LogP contribution is 2.37. The first-order valence-electron chi connectivity index (χ1n) is 5.98. The van der Waals surface area contributed by atoms with Crippen LogP contribution in [-0.2, 0) is 9.53 Å². The maximum atomic E-state index is 12.9. The Morgan fingerprint density at radius 1 is 1.26 bits per heavy atom. The van der Waals surface area contributed by atoms with Crippen molar-refractivity contribution in [3.63, 3.8) is 0 Å². The fourth-order valence-electron chi connectivity index (χ4n) is 1.73. The summed E-state index contributed by atoms with van der Waals surface area (Å²) in [5, 5.41) is 9.67. The second-order valence-electron chi connectivity index (χ2n) is 5.61. The third-order valence-electron chi connectivity index (χ3n) is 2.30. The second-order valence-corrected chi connectivity index (χ2v) is 5.61. The van der Waals surface area contributed by atoms with E-state index in [1.54, 1.807) is 6.08 Å². The predicted octanol–water partition coefficient (Wildman–Crippen LogP) is 3.23. The van der Waals surface area contributed by atoms with Crippen molar-refractivity contribution < 1.29 is 27.8 Å². The molecule has 19 heavy (non-hydrogen) atoms. The molecule has 0 aromatic heterocycles. The van der Waals surface area contributed by atoms with Crippen molar-refractivity contribution in [1.82, 2.24) is 0 Å². The molecular formula is C13H21F3O3. The lowest BCUT2D eigenvalue weighted by Gasteiger charge is -2.29. The van der Waals surface area contributed by atoms with Gasteiger partial charge in [0.05, 0.1) is 6.61 Å². The molecule has 0 aliphatic carbocycles. The first-order chi connectivity index (χ1) is 8.33. The molecule has 0 spiro atoms. The number of halogens is 3. The molecule has 0 saturated carbocycles. The molecule has 6 heteroatoms. The van der Waals surface area contributed by atoms with Crippen LogP contribution in [0, 0.1) is 5.41 Å². The monoisotopic (exact) mass is 282 g/mol. The number of hydrogen-bond donors (Lipinski definition) is 1. The molecule has 0 rings (SSSR count). The highest BCUT2D eigenvalue weighted by atomic mass is 19.4. The van der Waals surface area contributed by atoms with Crippen LogP contribution in [0.5, 0.6) is 0 Å². The van der Waals surface area contributed by atoms with E-state index in [2.05, 4.69) is 4.74 Å². The number of allylic oxidation sites excluding steroid dienone is 1. The molecular weight excluding hydrogens is 261 g/mol. The van der Waals surface area contributed by atoms with Crippen molar-refractivity contribution in [1.29, 1.82) is 0 Å². The van der Waals surface area contributed by atoms with E-state index in [4.69, 9.17) is 0 Å². The van der Waals surface area contributed by atoms with E-state index in [9.17, 15) is 23.1 Å². The summed E-state index contributed by atoms with van der Waals surface area (Å²) in [4.78, 5) is 11.4. The molecule has 3 nitrogen and oxygen atoms in total. The summed E-state index contributed by atoms with van der Waals surface area (Å²) in [7, 11) is 0. The molecule has 112 valence electrons. The lowest BCUT2D eigenvalue weighted by molar-refractivity contribution is -0.262. The van der Waals surface area contributed by atoms with Gasteiger partial charge in [-0.25, -0.2) is 4.79 Å². The minimum absolute atomic E-state index is 0.223. The zero-order valence-corrected chi connectivity index (χ0v) is 11.9. The number of alkyl halides is 3. The van der Waals surface area contributed by atoms with E-state index in [-0.39, 0.29) is 17.6 Å². The van der Waals surface area contributed by atoms with Crippen molar-refractivity contribution in [3.05, 3.63) is 11.6 Å². The van der Waals surface area contributed by atoms with Crippen molar-refractivity contribution in [3.8, 4) is 0 Å². The van der Waals surface area contributed by atoms with Gasteiger partial charge in [0, 0.05) is 6.42 Å². The smallest absolute Gasteiger partial charge is 0.428 e. The van der Waals surface area contributed by atoms with Crippen LogP contribution in [0.2, 0.25) is 0 Å². The number of aliphatic hydroxyl groups is 1. The van der Waals surface area contributed by atoms with Gasteiger partial charge in [-0.1, -0.05) is 32.4 Å². The number of hydrogen-bond acceptors (Lipinski definition) is 3. The summed E-state index contributed by atoms with van der Waals surface area (Å²) in [6, 6.07) is 0. The van der Waals surface area contributed by atoms with Gasteiger partial charge in [-0.3, -0.25) is 0 Å². The average Bonchev–Trinajstić information content (AvgIpc) is 2.12. The lowest BCUT2D eigenvalue weighted by atomic mass is 9.88. The Bertz CT molecular complexity index is 353. The first kappa shape index (κ1) is 18.0. The standard InChI is InChI=1S/C13H21F3O3/c1-6-19-10(17)12(18,13(14,15)16)8-9(2)7-11(3,4)5/h7,18H,6,8H2,1-5H3/t12-/m1/s1. The molecule has 0 heterocycles. The molecule has 1 atom stereocenters. The van der Waals surface area contributed by atoms with E-state index >= 15 is 0 Å². The molecule has 0 fully saturated rings. The number of carbonyl (C=O) groups excluding carboxylic acids is 1. The van der Waals surface area contributed by atoms with Crippen molar-refractivity contribution in [2.24, 2.45) is 5.41 Å². The van der Waals surface area contributed by atoms with Crippen LogP contribution in [0.15, 0.2) is 11.6 Å². The average molecular weight is 282 g/mol. The zero-order chi connectivity index (χ0) is 15.5. The molecule has 0 unspecified atom stereocenters. The number of esters is 1. The third-order valence-corrected chi connectivity index (χ3v) is 2.30. The molecule has 0 aromatic carbocycles. The maximum absolute atomic E-state index is 12.9. The SMILES string of the molecule is CCOC(=O)[C@](O)(CC(C)=CC(C)(C)C)C(F)(F)F. The molecule has 0 aliphatic heterocycles. The highest BCUT2D eigenvalue weighted by Gasteiger charge is 2.60. The molecule has 0 aromatic rings. The minimum atomic E-state index is -5.08. The molecule has 1 N–H and O–H groups in total. The Morgan fingerprint density at radius 3 is 2.05 bits per heavy atom. The molecule has 0 radical (unpaired) electrons. The number of carbonyl (C=O) groups is 1. The molecule has 0 bridgehead atoms. The predicted molar refractivity (Wildman–Crippen MR) is 65.5 cm³/mol. The Hall–Kier alpha value is -1.04. The highest BCUT2D eigenvalue weighted by molar-refractivity contribution is 5.80. The maximum Gasteiger partial charge on any atom is 0.428 e. The summed E-state index contributed by atoms with van der Waals surface area (Å²) in [5.41, 5.74) is -3.56. The van der Waals surface area contributed by atoms with Crippen molar-refractivity contribution in [2.45, 2.75) is 52.8 Å². The van der Waals surface area contributed by atoms with Crippen LogP contribution in [0.4, 0.5) is 13.2 Å². The van der Waals surface area contributed by atoms with Gasteiger partial charge < -0.3 is 9.84 Å². The van der Waals surface area contributed by atoms with E-state index in [1.165, 1.54) is 13.8 Å². The quantitative estimate of drug-likeness (QED) is 0.636. The lowest BCUT2D eigenvalue weighted by Crippen LogP contribution is -2.53. The Labute approximate surface area is 111 Å². The van der Waals surface area contributed by atoms with Gasteiger partial charge in [0.2, 0.25) is 0 Å². The summed E-state index contributed by atoms with van der Waals surface area (Å²) < 4.78 is 43.0. The molecule has 0 aliphatic rings. The Morgan fingerprint density at radius 2 is 1.74 bits per heavy atom. The molecule has 0 saturated heterocycles. The van der Waals surface area contributed by atoms with Crippen LogP contribution in [0.3, 0.4) is 0 Å². The molecule has 0 amide bonds. The van der Waals surface area contributed by atoms with Crippen LogP contribution in [-0.4, -0.2) is 29.5 Å². The Balaban J connectivity index is 5.32. The van der Waals surface area contributed by atoms with Gasteiger partial charge in [-0.2, -0.15) is 13.2 Å². The Kier molecular flexibility index (Phi) is 5.62. The van der Waals surface area contributed by atoms with Crippen LogP contribution >= 0.6 is 0 Å². The van der Waals surface area contributed by atoms with E-state index in [0.29, 0.717) is 0 Å².